The quantitative estimate of drug-likeness (QED) is 0.367. The van der Waals surface area contributed by atoms with Crippen molar-refractivity contribution in [2.24, 2.45) is 16.6 Å². The molecule has 0 aliphatic carbocycles. The number of aliphatic carboxylic acids is 1. The van der Waals surface area contributed by atoms with Gasteiger partial charge in [-0.25, -0.2) is 9.97 Å². The molecule has 32 heavy (non-hydrogen) atoms. The van der Waals surface area contributed by atoms with Crippen molar-refractivity contribution in [3.05, 3.63) is 23.8 Å². The number of carboxylic acid groups (broad SMARTS) is 1. The number of carbonyl (C=O) groups excluding carboxylic acids is 1. The molecule has 1 aromatic heterocycles. The van der Waals surface area contributed by atoms with Crippen LogP contribution in [0, 0.1) is 16.2 Å². The third kappa shape index (κ3) is 19.6. The molecule has 0 aliphatic rings. The van der Waals surface area contributed by atoms with Gasteiger partial charge in [-0.15, -0.1) is 0 Å². The van der Waals surface area contributed by atoms with Crippen molar-refractivity contribution in [2.45, 2.75) is 107 Å². The summed E-state index contributed by atoms with van der Waals surface area (Å²) < 4.78 is 0. The summed E-state index contributed by atoms with van der Waals surface area (Å²) >= 11 is 0. The molecule has 0 bridgehead atoms. The van der Waals surface area contributed by atoms with E-state index in [1.54, 1.807) is 6.33 Å². The van der Waals surface area contributed by atoms with Crippen LogP contribution in [-0.2, 0) is 20.4 Å². The van der Waals surface area contributed by atoms with E-state index in [0.29, 0.717) is 12.2 Å². The van der Waals surface area contributed by atoms with Gasteiger partial charge in [-0.2, -0.15) is 0 Å². The largest absolute Gasteiger partial charge is 0.481 e. The van der Waals surface area contributed by atoms with E-state index in [1.165, 1.54) is 5.56 Å². The first-order valence-electron chi connectivity index (χ1n) is 10.7. The van der Waals surface area contributed by atoms with Crippen LogP contribution in [-0.4, -0.2) is 33.2 Å². The van der Waals surface area contributed by atoms with Gasteiger partial charge in [-0.1, -0.05) is 83.1 Å². The predicted octanol–water partition coefficient (Wildman–Crippen LogP) is 5.75. The van der Waals surface area contributed by atoms with E-state index < -0.39 is 5.97 Å². The van der Waals surface area contributed by atoms with Crippen LogP contribution in [0.5, 0.6) is 0 Å². The second-order valence-electron chi connectivity index (χ2n) is 11.9. The Hall–Kier alpha value is -2.31. The molecule has 1 rings (SSSR count). The number of carboxylic acids is 1. The maximum atomic E-state index is 11.5. The van der Waals surface area contributed by atoms with Crippen LogP contribution >= 0.6 is 0 Å². The minimum Gasteiger partial charge on any atom is -0.481 e. The number of nitrogens with two attached hydrogens (primary N) is 1. The smallest absolute Gasteiger partial charge is 0.300 e. The lowest BCUT2D eigenvalue weighted by atomic mass is 9.79. The molecule has 7 heteroatoms. The normalized spacial score (nSPS) is 11.4. The highest BCUT2D eigenvalue weighted by Crippen LogP contribution is 2.31. The zero-order valence-electron chi connectivity index (χ0n) is 22.7. The molecule has 0 aromatic carbocycles. The van der Waals surface area contributed by atoms with Crippen molar-refractivity contribution >= 4 is 18.1 Å². The number of Topliss-reactive ketones (excluding diaryl/α,β-unsaturated/α-hetero) is 1. The van der Waals surface area contributed by atoms with Gasteiger partial charge in [0.15, 0.2) is 0 Å². The van der Waals surface area contributed by atoms with Crippen LogP contribution in [0.4, 0.5) is 0 Å². The van der Waals surface area contributed by atoms with Gasteiger partial charge in [0.1, 0.15) is 12.1 Å². The van der Waals surface area contributed by atoms with Crippen molar-refractivity contribution in [3.63, 3.8) is 0 Å². The number of nitrogens with one attached hydrogen (secondary N) is 1. The topological polar surface area (TPSA) is 130 Å². The van der Waals surface area contributed by atoms with E-state index >= 15 is 0 Å². The van der Waals surface area contributed by atoms with Crippen LogP contribution < -0.4 is 5.73 Å². The van der Waals surface area contributed by atoms with E-state index in [9.17, 15) is 4.79 Å². The summed E-state index contributed by atoms with van der Waals surface area (Å²) in [4.78, 5) is 29.0. The van der Waals surface area contributed by atoms with E-state index in [0.717, 1.165) is 19.0 Å². The maximum Gasteiger partial charge on any atom is 0.300 e. The summed E-state index contributed by atoms with van der Waals surface area (Å²) in [5.74, 6) is -0.481. The Kier molecular flexibility index (Phi) is 15.0. The monoisotopic (exact) mass is 452 g/mol. The molecule has 1 aromatic rings. The summed E-state index contributed by atoms with van der Waals surface area (Å²) in [6.07, 6.45) is 5.00. The fourth-order valence-corrected chi connectivity index (χ4v) is 2.22. The Balaban J connectivity index is -0.000000415. The Morgan fingerprint density at radius 2 is 1.34 bits per heavy atom. The van der Waals surface area contributed by atoms with Gasteiger partial charge in [0.25, 0.3) is 5.97 Å². The summed E-state index contributed by atoms with van der Waals surface area (Å²) in [6.45, 7) is 26.4. The highest BCUT2D eigenvalue weighted by Gasteiger charge is 2.26. The Morgan fingerprint density at radius 1 is 0.969 bits per heavy atom. The molecule has 1 heterocycles. The van der Waals surface area contributed by atoms with Crippen molar-refractivity contribution in [1.29, 1.82) is 5.41 Å². The van der Waals surface area contributed by atoms with Gasteiger partial charge in [0.2, 0.25) is 0 Å². The molecule has 0 fully saturated rings. The molecule has 0 amide bonds. The van der Waals surface area contributed by atoms with E-state index in [4.69, 9.17) is 15.3 Å². The molecule has 186 valence electrons. The Morgan fingerprint density at radius 3 is 1.53 bits per heavy atom. The fraction of sp³-hybridized carbons (Fsp3) is 0.720. The number of aromatic nitrogens is 2. The molecule has 0 saturated heterocycles. The van der Waals surface area contributed by atoms with Crippen molar-refractivity contribution in [1.82, 2.24) is 9.97 Å². The molecule has 0 atom stereocenters. The second kappa shape index (κ2) is 14.0. The lowest BCUT2D eigenvalue weighted by Crippen LogP contribution is -2.25. The summed E-state index contributed by atoms with van der Waals surface area (Å²) in [7, 11) is 0. The SMILES string of the molecule is CC(=O)O.CC(C)(C)CC(=O)C(C)(C)C.CC(C)(C)c1cncnc1C(C)(C)C.N=CN. The fourth-order valence-electron chi connectivity index (χ4n) is 2.22. The van der Waals surface area contributed by atoms with Crippen molar-refractivity contribution in [2.75, 3.05) is 0 Å². The molecule has 0 radical (unpaired) electrons. The zero-order chi connectivity index (χ0) is 26.6. The van der Waals surface area contributed by atoms with Crippen LogP contribution in [0.2, 0.25) is 0 Å². The zero-order valence-corrected chi connectivity index (χ0v) is 22.7. The molecule has 7 nitrogen and oxygen atoms in total. The van der Waals surface area contributed by atoms with Crippen LogP contribution in [0.3, 0.4) is 0 Å². The highest BCUT2D eigenvalue weighted by atomic mass is 16.4. The van der Waals surface area contributed by atoms with Crippen LogP contribution in [0.25, 0.3) is 0 Å². The molecule has 0 saturated carbocycles. The summed E-state index contributed by atoms with van der Waals surface area (Å²) in [5.41, 5.74) is 6.94. The van der Waals surface area contributed by atoms with Crippen LogP contribution in [0.1, 0.15) is 108 Å². The molecule has 0 spiro atoms. The minimum atomic E-state index is -0.833. The number of carbonyl (C=O) groups is 2. The van der Waals surface area contributed by atoms with Gasteiger partial charge >= 0.3 is 0 Å². The molecular formula is C25H48N4O3. The lowest BCUT2D eigenvalue weighted by Gasteiger charge is -2.27. The number of ketones is 1. The second-order valence-corrected chi connectivity index (χ2v) is 11.9. The standard InChI is InChI=1S/C12H20N2.C10H20O.C2H4O2.CH4N2/c1-11(2,3)9-7-13-8-14-10(9)12(4,5)6;1-9(2,3)7-8(11)10(4,5)6;1-2(3)4;2-1-3/h7-8H,1-6H3;7H2,1-6H3;1H3,(H,3,4);1H,(H3,2,3). The third-order valence-corrected chi connectivity index (χ3v) is 3.76. The number of rotatable bonds is 1. The third-order valence-electron chi connectivity index (χ3n) is 3.76. The van der Waals surface area contributed by atoms with Gasteiger partial charge in [0.05, 0.1) is 12.0 Å². The maximum absolute atomic E-state index is 11.5. The predicted molar refractivity (Wildman–Crippen MR) is 134 cm³/mol. The highest BCUT2D eigenvalue weighted by molar-refractivity contribution is 5.84. The van der Waals surface area contributed by atoms with Gasteiger partial charge < -0.3 is 10.8 Å². The number of hydrogen-bond donors (Lipinski definition) is 3. The molecular weight excluding hydrogens is 404 g/mol. The van der Waals surface area contributed by atoms with Gasteiger partial charge in [-0.3, -0.25) is 15.0 Å². The molecule has 0 aliphatic heterocycles. The summed E-state index contributed by atoms with van der Waals surface area (Å²) in [6, 6.07) is 0. The van der Waals surface area contributed by atoms with E-state index in [2.05, 4.69) is 78.0 Å². The number of nitrogens with zero attached hydrogens (tertiary/aromatic N) is 2. The molecule has 0 unspecified atom stereocenters. The lowest BCUT2D eigenvalue weighted by molar-refractivity contribution is -0.134. The Bertz CT molecular complexity index is 665. The first-order valence-corrected chi connectivity index (χ1v) is 10.7. The average molecular weight is 453 g/mol. The van der Waals surface area contributed by atoms with Crippen LogP contribution in [0.15, 0.2) is 12.5 Å². The molecule has 4 N–H and O–H groups in total. The first-order chi connectivity index (χ1) is 14.0. The summed E-state index contributed by atoms with van der Waals surface area (Å²) in [5, 5.41) is 13.3. The van der Waals surface area contributed by atoms with Crippen molar-refractivity contribution < 1.29 is 14.7 Å². The van der Waals surface area contributed by atoms with E-state index in [-0.39, 0.29) is 21.7 Å². The van der Waals surface area contributed by atoms with E-state index in [1.807, 2.05) is 27.0 Å². The number of hydrogen-bond acceptors (Lipinski definition) is 5. The van der Waals surface area contributed by atoms with Gasteiger partial charge in [-0.05, 0) is 16.4 Å². The first kappa shape index (κ1) is 34.3. The average Bonchev–Trinajstić information content (AvgIpc) is 2.51. The van der Waals surface area contributed by atoms with Gasteiger partial charge in [0, 0.05) is 30.4 Å². The Labute approximate surface area is 196 Å². The minimum absolute atomic E-state index is 0.0888. The van der Waals surface area contributed by atoms with Crippen molar-refractivity contribution in [3.8, 4) is 0 Å².